The Morgan fingerprint density at radius 1 is 0.438 bits per heavy atom. The average Bonchev–Trinajstić information content (AvgIpc) is 1.66. The fourth-order valence-electron chi connectivity index (χ4n) is 11.8. The number of amides is 3. The molecule has 4 aliphatic carbocycles. The van der Waals surface area contributed by atoms with Crippen LogP contribution in [0.25, 0.3) is 11.4 Å². The van der Waals surface area contributed by atoms with E-state index in [1.165, 1.54) is 38.2 Å². The molecule has 17 heteroatoms. The summed E-state index contributed by atoms with van der Waals surface area (Å²) in [6, 6.07) is 54.6. The summed E-state index contributed by atoms with van der Waals surface area (Å²) < 4.78 is 0. The SMILES string of the molecule is CC(=O)N(C(C)=O)C1=CC[C@@H](c2ccc(Cl)c(Cl)c2)c2ccccc21.CC(=O)NC1=CC[C@@H](c2ccc(Cl)c(Cl)c2)c2ccccc21.CC(=O)O/N=C1\CC[C@@H](c2ccc(Cl)c(Cl)c2)c2ccccc21.O=C1CC[C@@H](c2ccc(Cl)c(Cl)c2)c2ccccc21. The lowest BCUT2D eigenvalue weighted by atomic mass is 9.78. The summed E-state index contributed by atoms with van der Waals surface area (Å²) in [5.41, 5.74) is 15.0. The number of hydrogen-bond donors (Lipinski definition) is 1. The lowest BCUT2D eigenvalue weighted by molar-refractivity contribution is -0.141. The maximum absolute atomic E-state index is 12.0. The molecule has 12 rings (SSSR count). The highest BCUT2D eigenvalue weighted by Gasteiger charge is 2.31. The van der Waals surface area contributed by atoms with E-state index >= 15 is 0 Å². The van der Waals surface area contributed by atoms with Crippen molar-refractivity contribution in [3.05, 3.63) is 289 Å². The highest BCUT2D eigenvalue weighted by Crippen LogP contribution is 2.44. The molecule has 0 heterocycles. The number of imide groups is 1. The van der Waals surface area contributed by atoms with E-state index in [2.05, 4.69) is 28.7 Å². The van der Waals surface area contributed by atoms with Crippen LogP contribution in [-0.2, 0) is 24.0 Å². The Hall–Kier alpha value is -7.02. The molecule has 1 N–H and O–H groups in total. The predicted molar refractivity (Wildman–Crippen MR) is 362 cm³/mol. The first-order valence-electron chi connectivity index (χ1n) is 28.6. The number of rotatable bonds is 7. The van der Waals surface area contributed by atoms with Gasteiger partial charge in [-0.25, -0.2) is 4.79 Å². The third kappa shape index (κ3) is 15.9. The molecule has 89 heavy (non-hydrogen) atoms. The number of ketones is 1. The summed E-state index contributed by atoms with van der Waals surface area (Å²) in [7, 11) is 0. The van der Waals surface area contributed by atoms with E-state index in [0.717, 1.165) is 98.3 Å². The molecule has 0 saturated carbocycles. The fourth-order valence-corrected chi connectivity index (χ4v) is 13.0. The molecule has 0 radical (unpaired) electrons. The number of allylic oxidation sites excluding steroid dienone is 2. The van der Waals surface area contributed by atoms with Gasteiger partial charge >= 0.3 is 5.97 Å². The van der Waals surface area contributed by atoms with Gasteiger partial charge in [0.05, 0.1) is 51.6 Å². The van der Waals surface area contributed by atoms with Crippen molar-refractivity contribution in [2.75, 3.05) is 0 Å². The second kappa shape index (κ2) is 30.2. The first kappa shape index (κ1) is 66.4. The number of carbonyl (C=O) groups is 5. The van der Waals surface area contributed by atoms with Crippen LogP contribution in [0, 0.1) is 0 Å². The zero-order valence-electron chi connectivity index (χ0n) is 48.7. The van der Waals surface area contributed by atoms with Crippen molar-refractivity contribution in [3.8, 4) is 0 Å². The van der Waals surface area contributed by atoms with Crippen LogP contribution < -0.4 is 5.32 Å². The molecule has 9 nitrogen and oxygen atoms in total. The Morgan fingerprint density at radius 2 is 0.809 bits per heavy atom. The molecule has 0 saturated heterocycles. The van der Waals surface area contributed by atoms with Gasteiger partial charge in [0, 0.05) is 85.7 Å². The Balaban J connectivity index is 0.000000142. The Bertz CT molecular complexity index is 4130. The summed E-state index contributed by atoms with van der Waals surface area (Å²) in [6.45, 7) is 5.66. The third-order valence-electron chi connectivity index (χ3n) is 15.8. The van der Waals surface area contributed by atoms with Crippen LogP contribution in [0.2, 0.25) is 40.2 Å². The zero-order valence-corrected chi connectivity index (χ0v) is 54.8. The fraction of sp³-hybridized carbons (Fsp3) is 0.194. The quantitative estimate of drug-likeness (QED) is 0.125. The van der Waals surface area contributed by atoms with Gasteiger partial charge in [-0.3, -0.25) is 24.1 Å². The summed E-state index contributed by atoms with van der Waals surface area (Å²) in [5, 5.41) is 11.3. The minimum absolute atomic E-state index is 0.0611. The molecule has 3 amide bonds. The zero-order chi connectivity index (χ0) is 63.6. The highest BCUT2D eigenvalue weighted by molar-refractivity contribution is 6.43. The molecule has 4 aliphatic rings. The van der Waals surface area contributed by atoms with Gasteiger partial charge in [-0.05, 0) is 125 Å². The first-order valence-corrected chi connectivity index (χ1v) is 31.6. The normalized spacial score (nSPS) is 17.3. The van der Waals surface area contributed by atoms with Crippen LogP contribution in [0.4, 0.5) is 0 Å². The van der Waals surface area contributed by atoms with E-state index in [-0.39, 0.29) is 47.2 Å². The molecule has 4 atom stereocenters. The van der Waals surface area contributed by atoms with Gasteiger partial charge in [-0.1, -0.05) is 231 Å². The number of oxime groups is 1. The van der Waals surface area contributed by atoms with E-state index in [9.17, 15) is 24.0 Å². The summed E-state index contributed by atoms with van der Waals surface area (Å²) >= 11 is 48.6. The van der Waals surface area contributed by atoms with Crippen LogP contribution >= 0.6 is 92.8 Å². The van der Waals surface area contributed by atoms with E-state index in [0.29, 0.717) is 58.7 Å². The van der Waals surface area contributed by atoms with Crippen LogP contribution in [0.1, 0.15) is 161 Å². The van der Waals surface area contributed by atoms with Crippen molar-refractivity contribution in [1.29, 1.82) is 0 Å². The number of carbonyl (C=O) groups excluding carboxylic acids is 5. The van der Waals surface area contributed by atoms with Gasteiger partial charge in [0.15, 0.2) is 5.78 Å². The van der Waals surface area contributed by atoms with Crippen LogP contribution in [0.5, 0.6) is 0 Å². The van der Waals surface area contributed by atoms with E-state index in [1.807, 2.05) is 158 Å². The standard InChI is InChI=1S/C20H17Cl2NO2.C18H15Cl2NO2.C18H15Cl2NO.C16H12Cl2O/c1-12(24)23(13(2)25)20-10-8-15(16-5-3-4-6-17(16)20)14-7-9-18(21)19(22)11-14;1-11(22)23-21-18-9-7-13(14-4-2-3-5-15(14)18)12-6-8-16(19)17(20)10-12;1-11(22)21-18-9-7-13(14-4-2-3-5-15(14)18)12-6-8-16(19)17(20)10-12;17-14-7-5-10(9-15(14)18)11-6-8-16(19)13-4-2-1-3-12(11)13/h3-7,9-11,15H,8H2,1-2H3;2-6,8,10,13H,7,9H2,1H3;2-6,8-10,13H,7H2,1H3,(H,21,22);1-5,7,9,11H,6,8H2/b;21-18+;;/t15-;2*13-;11-/m0000/s1. The lowest BCUT2D eigenvalue weighted by Crippen LogP contribution is -2.33. The van der Waals surface area contributed by atoms with Gasteiger partial charge < -0.3 is 10.2 Å². The van der Waals surface area contributed by atoms with Crippen LogP contribution in [0.3, 0.4) is 0 Å². The Morgan fingerprint density at radius 3 is 1.25 bits per heavy atom. The molecule has 0 aromatic heterocycles. The molecular formula is C72H59Cl8N3O6. The van der Waals surface area contributed by atoms with E-state index in [4.69, 9.17) is 97.6 Å². The average molecular weight is 1350 g/mol. The van der Waals surface area contributed by atoms with Gasteiger partial charge in [0.1, 0.15) is 0 Å². The first-order chi connectivity index (χ1) is 42.7. The van der Waals surface area contributed by atoms with Crippen molar-refractivity contribution in [2.24, 2.45) is 5.16 Å². The summed E-state index contributed by atoms with van der Waals surface area (Å²) in [5.74, 6) is -0.0783. The van der Waals surface area contributed by atoms with Crippen molar-refractivity contribution < 1.29 is 28.8 Å². The van der Waals surface area contributed by atoms with Gasteiger partial charge in [-0.15, -0.1) is 0 Å². The van der Waals surface area contributed by atoms with Crippen molar-refractivity contribution in [1.82, 2.24) is 10.2 Å². The topological polar surface area (TPSA) is 122 Å². The number of benzene rings is 8. The molecule has 0 bridgehead atoms. The number of fused-ring (bicyclic) bond motifs is 4. The van der Waals surface area contributed by atoms with Gasteiger partial charge in [0.25, 0.3) is 0 Å². The molecule has 0 spiro atoms. The largest absolute Gasteiger partial charge is 0.331 e. The lowest BCUT2D eigenvalue weighted by Gasteiger charge is -2.30. The Kier molecular flexibility index (Phi) is 22.5. The van der Waals surface area contributed by atoms with Crippen molar-refractivity contribution in [3.63, 3.8) is 0 Å². The predicted octanol–water partition coefficient (Wildman–Crippen LogP) is 20.6. The molecule has 8 aromatic rings. The van der Waals surface area contributed by atoms with Gasteiger partial charge in [0.2, 0.25) is 17.7 Å². The second-order valence-corrected chi connectivity index (χ2v) is 24.9. The number of nitrogens with one attached hydrogen (secondary N) is 1. The minimum atomic E-state index is -0.415. The number of hydrogen-bond acceptors (Lipinski definition) is 7. The summed E-state index contributed by atoms with van der Waals surface area (Å²) in [4.78, 5) is 64.3. The third-order valence-corrected chi connectivity index (χ3v) is 18.8. The monoisotopic (exact) mass is 1340 g/mol. The van der Waals surface area contributed by atoms with E-state index < -0.39 is 5.97 Å². The maximum Gasteiger partial charge on any atom is 0.331 e. The van der Waals surface area contributed by atoms with E-state index in [1.54, 1.807) is 6.07 Å². The minimum Gasteiger partial charge on any atom is -0.326 e. The maximum atomic E-state index is 12.0. The number of nitrogens with zero attached hydrogens (tertiary/aromatic N) is 2. The van der Waals surface area contributed by atoms with Crippen LogP contribution in [0.15, 0.2) is 187 Å². The molecular weight excluding hydrogens is 1290 g/mol. The van der Waals surface area contributed by atoms with Gasteiger partial charge in [-0.2, -0.15) is 0 Å². The van der Waals surface area contributed by atoms with Crippen molar-refractivity contribution in [2.45, 2.75) is 89.9 Å². The summed E-state index contributed by atoms with van der Waals surface area (Å²) in [6.07, 6.45) is 8.50. The molecule has 0 fully saturated rings. The molecule has 0 aliphatic heterocycles. The Labute approximate surface area is 558 Å². The number of Topliss-reactive ketones (excluding diaryl/α,β-unsaturated/α-hetero) is 1. The molecule has 454 valence electrons. The highest BCUT2D eigenvalue weighted by atomic mass is 35.5. The smallest absolute Gasteiger partial charge is 0.326 e. The van der Waals surface area contributed by atoms with Crippen LogP contribution in [-0.4, -0.2) is 40.1 Å². The number of halogens is 8. The molecule has 0 unspecified atom stereocenters. The second-order valence-electron chi connectivity index (χ2n) is 21.6. The molecule has 8 aromatic carbocycles. The van der Waals surface area contributed by atoms with Crippen molar-refractivity contribution >= 4 is 139 Å².